The van der Waals surface area contributed by atoms with E-state index in [0.717, 1.165) is 18.2 Å². The second-order valence-corrected chi connectivity index (χ2v) is 5.61. The zero-order valence-electron chi connectivity index (χ0n) is 11.1. The Kier molecular flexibility index (Phi) is 4.98. The molecule has 0 radical (unpaired) electrons. The molecule has 0 aliphatic carbocycles. The van der Waals surface area contributed by atoms with Crippen LogP contribution in [0.4, 0.5) is 0 Å². The van der Waals surface area contributed by atoms with E-state index in [2.05, 4.69) is 15.0 Å². The molecule has 0 saturated carbocycles. The molecule has 110 valence electrons. The average Bonchev–Trinajstić information content (AvgIpc) is 2.37. The molecule has 0 aromatic carbocycles. The zero-order chi connectivity index (χ0) is 15.4. The summed E-state index contributed by atoms with van der Waals surface area (Å²) in [5.41, 5.74) is 0.463. The Morgan fingerprint density at radius 2 is 2.14 bits per heavy atom. The van der Waals surface area contributed by atoms with E-state index in [-0.39, 0.29) is 16.3 Å². The van der Waals surface area contributed by atoms with Gasteiger partial charge in [-0.3, -0.25) is 4.79 Å². The molecule has 0 amide bonds. The van der Waals surface area contributed by atoms with Crippen LogP contribution in [0.15, 0.2) is 33.2 Å². The van der Waals surface area contributed by atoms with E-state index < -0.39 is 5.97 Å². The lowest BCUT2D eigenvalue weighted by Gasteiger charge is -2.04. The summed E-state index contributed by atoms with van der Waals surface area (Å²) in [6.45, 7) is 1.99. The van der Waals surface area contributed by atoms with Crippen LogP contribution in [0.25, 0.3) is 0 Å². The van der Waals surface area contributed by atoms with Crippen LogP contribution in [0.1, 0.15) is 29.4 Å². The Labute approximate surface area is 129 Å². The van der Waals surface area contributed by atoms with Crippen molar-refractivity contribution in [3.8, 4) is 0 Å². The quantitative estimate of drug-likeness (QED) is 0.648. The molecule has 21 heavy (non-hydrogen) atoms. The normalized spacial score (nSPS) is 10.6. The highest BCUT2D eigenvalue weighted by molar-refractivity contribution is 7.99. The molecule has 2 rings (SSSR count). The van der Waals surface area contributed by atoms with Crippen molar-refractivity contribution in [2.45, 2.75) is 29.9 Å². The van der Waals surface area contributed by atoms with Gasteiger partial charge >= 0.3 is 5.97 Å². The number of aromatic amines is 1. The van der Waals surface area contributed by atoms with Crippen molar-refractivity contribution in [1.29, 1.82) is 0 Å². The molecule has 0 fully saturated rings. The molecule has 2 heterocycles. The summed E-state index contributed by atoms with van der Waals surface area (Å²) in [4.78, 5) is 33.5. The molecule has 0 atom stereocenters. The van der Waals surface area contributed by atoms with Crippen LogP contribution in [0.2, 0.25) is 5.15 Å². The van der Waals surface area contributed by atoms with Gasteiger partial charge in [-0.2, -0.15) is 0 Å². The maximum Gasteiger partial charge on any atom is 0.335 e. The molecule has 2 aromatic rings. The summed E-state index contributed by atoms with van der Waals surface area (Å²) in [6, 6.07) is 4.09. The van der Waals surface area contributed by atoms with Gasteiger partial charge in [0.15, 0.2) is 5.16 Å². The summed E-state index contributed by atoms with van der Waals surface area (Å²) in [5.74, 6) is -1.10. The van der Waals surface area contributed by atoms with Crippen molar-refractivity contribution in [1.82, 2.24) is 15.0 Å². The van der Waals surface area contributed by atoms with Gasteiger partial charge in [-0.05, 0) is 30.3 Å². The lowest BCUT2D eigenvalue weighted by atomic mass is 10.2. The standard InChI is InChI=1S/C13H12ClN3O3S/c1-2-3-8-6-10(18)17-13(15-8)21-11-5-7(12(19)20)4-9(14)16-11/h4-6H,2-3H2,1H3,(H,19,20)(H,15,17,18). The monoisotopic (exact) mass is 325 g/mol. The van der Waals surface area contributed by atoms with Crippen molar-refractivity contribution < 1.29 is 9.90 Å². The summed E-state index contributed by atoms with van der Waals surface area (Å²) in [6.07, 6.45) is 1.57. The summed E-state index contributed by atoms with van der Waals surface area (Å²) < 4.78 is 0. The van der Waals surface area contributed by atoms with Crippen molar-refractivity contribution >= 4 is 29.3 Å². The van der Waals surface area contributed by atoms with Gasteiger partial charge in [0.2, 0.25) is 0 Å². The number of aryl methyl sites for hydroxylation is 1. The second-order valence-electron chi connectivity index (χ2n) is 4.22. The predicted octanol–water partition coefficient (Wildman–Crippen LogP) is 2.62. The number of nitrogens with one attached hydrogen (secondary N) is 1. The van der Waals surface area contributed by atoms with Gasteiger partial charge in [0.1, 0.15) is 10.2 Å². The fourth-order valence-corrected chi connectivity index (χ4v) is 2.76. The number of carbonyl (C=O) groups is 1. The third-order valence-corrected chi connectivity index (χ3v) is 3.50. The largest absolute Gasteiger partial charge is 0.478 e. The number of aromatic nitrogens is 3. The highest BCUT2D eigenvalue weighted by Crippen LogP contribution is 2.25. The maximum absolute atomic E-state index is 11.6. The third-order valence-electron chi connectivity index (χ3n) is 2.50. The van der Waals surface area contributed by atoms with Gasteiger partial charge in [0.25, 0.3) is 5.56 Å². The number of carboxylic acid groups (broad SMARTS) is 1. The molecule has 0 aliphatic rings. The fraction of sp³-hybridized carbons (Fsp3) is 0.231. The highest BCUT2D eigenvalue weighted by Gasteiger charge is 2.10. The molecular weight excluding hydrogens is 314 g/mol. The van der Waals surface area contributed by atoms with Crippen molar-refractivity contribution in [2.75, 3.05) is 0 Å². The van der Waals surface area contributed by atoms with E-state index >= 15 is 0 Å². The van der Waals surface area contributed by atoms with E-state index in [1.807, 2.05) is 6.92 Å². The molecule has 0 saturated heterocycles. The number of halogens is 1. The summed E-state index contributed by atoms with van der Waals surface area (Å²) >= 11 is 6.85. The number of aromatic carboxylic acids is 1. The minimum absolute atomic E-state index is 0.0320. The number of nitrogens with zero attached hydrogens (tertiary/aromatic N) is 2. The lowest BCUT2D eigenvalue weighted by Crippen LogP contribution is -2.10. The Bertz CT molecular complexity index is 733. The Hall–Kier alpha value is -1.86. The van der Waals surface area contributed by atoms with E-state index in [0.29, 0.717) is 22.3 Å². The molecule has 2 aromatic heterocycles. The average molecular weight is 326 g/mol. The molecule has 0 bridgehead atoms. The van der Waals surface area contributed by atoms with Crippen LogP contribution in [0.5, 0.6) is 0 Å². The maximum atomic E-state index is 11.6. The molecule has 0 spiro atoms. The lowest BCUT2D eigenvalue weighted by molar-refractivity contribution is 0.0696. The van der Waals surface area contributed by atoms with Crippen molar-refractivity contribution in [3.05, 3.63) is 45.0 Å². The van der Waals surface area contributed by atoms with Gasteiger partial charge in [-0.15, -0.1) is 0 Å². The van der Waals surface area contributed by atoms with E-state index in [4.69, 9.17) is 16.7 Å². The smallest absolute Gasteiger partial charge is 0.335 e. The molecular formula is C13H12ClN3O3S. The van der Waals surface area contributed by atoms with Gasteiger partial charge in [-0.25, -0.2) is 14.8 Å². The summed E-state index contributed by atoms with van der Waals surface area (Å²) in [5, 5.41) is 9.78. The van der Waals surface area contributed by atoms with E-state index in [1.165, 1.54) is 18.2 Å². The first-order chi connectivity index (χ1) is 9.97. The van der Waals surface area contributed by atoms with Crippen LogP contribution in [-0.2, 0) is 6.42 Å². The number of rotatable bonds is 5. The first kappa shape index (κ1) is 15.5. The van der Waals surface area contributed by atoms with Crippen LogP contribution < -0.4 is 5.56 Å². The van der Waals surface area contributed by atoms with Crippen LogP contribution in [0.3, 0.4) is 0 Å². The van der Waals surface area contributed by atoms with Gasteiger partial charge in [0.05, 0.1) is 5.56 Å². The van der Waals surface area contributed by atoms with E-state index in [1.54, 1.807) is 0 Å². The van der Waals surface area contributed by atoms with Crippen LogP contribution in [-0.4, -0.2) is 26.0 Å². The highest BCUT2D eigenvalue weighted by atomic mass is 35.5. The molecule has 0 unspecified atom stereocenters. The zero-order valence-corrected chi connectivity index (χ0v) is 12.7. The first-order valence-electron chi connectivity index (χ1n) is 6.17. The predicted molar refractivity (Wildman–Crippen MR) is 79.2 cm³/mol. The van der Waals surface area contributed by atoms with Crippen LogP contribution in [0, 0.1) is 0 Å². The minimum atomic E-state index is -1.10. The number of H-pyrrole nitrogens is 1. The second kappa shape index (κ2) is 6.73. The SMILES string of the molecule is CCCc1cc(=O)[nH]c(Sc2cc(C(=O)O)cc(Cl)n2)n1. The van der Waals surface area contributed by atoms with Gasteiger partial charge in [-0.1, -0.05) is 24.9 Å². The minimum Gasteiger partial charge on any atom is -0.478 e. The van der Waals surface area contributed by atoms with Crippen molar-refractivity contribution in [2.24, 2.45) is 0 Å². The van der Waals surface area contributed by atoms with Crippen LogP contribution >= 0.6 is 23.4 Å². The molecule has 2 N–H and O–H groups in total. The molecule has 8 heteroatoms. The first-order valence-corrected chi connectivity index (χ1v) is 7.36. The molecule has 0 aliphatic heterocycles. The number of hydrogen-bond acceptors (Lipinski definition) is 5. The van der Waals surface area contributed by atoms with Gasteiger partial charge in [0, 0.05) is 11.8 Å². The fourth-order valence-electron chi connectivity index (χ4n) is 1.66. The van der Waals surface area contributed by atoms with E-state index in [9.17, 15) is 9.59 Å². The molecule has 6 nitrogen and oxygen atoms in total. The van der Waals surface area contributed by atoms with Crippen molar-refractivity contribution in [3.63, 3.8) is 0 Å². The Morgan fingerprint density at radius 1 is 1.38 bits per heavy atom. The number of pyridine rings is 1. The number of hydrogen-bond donors (Lipinski definition) is 2. The topological polar surface area (TPSA) is 95.9 Å². The number of carboxylic acids is 1. The third kappa shape index (κ3) is 4.30. The Balaban J connectivity index is 2.33. The van der Waals surface area contributed by atoms with Gasteiger partial charge < -0.3 is 10.1 Å². The summed E-state index contributed by atoms with van der Waals surface area (Å²) in [7, 11) is 0. The Morgan fingerprint density at radius 3 is 2.81 bits per heavy atom.